The van der Waals surface area contributed by atoms with Crippen molar-refractivity contribution in [2.45, 2.75) is 6.04 Å². The molecule has 0 aliphatic heterocycles. The summed E-state index contributed by atoms with van der Waals surface area (Å²) in [6.45, 7) is 0.479. The molecule has 2 aromatic rings. The number of halogens is 2. The van der Waals surface area contributed by atoms with Gasteiger partial charge in [0.2, 0.25) is 0 Å². The van der Waals surface area contributed by atoms with Gasteiger partial charge in [-0.05, 0) is 51.8 Å². The molecule has 1 unspecified atom stereocenters. The Bertz CT molecular complexity index is 590. The van der Waals surface area contributed by atoms with Crippen LogP contribution in [0.3, 0.4) is 0 Å². The Morgan fingerprint density at radius 3 is 2.55 bits per heavy atom. The summed E-state index contributed by atoms with van der Waals surface area (Å²) in [7, 11) is 1.66. The van der Waals surface area contributed by atoms with Crippen molar-refractivity contribution in [3.05, 3.63) is 57.0 Å². The van der Waals surface area contributed by atoms with E-state index in [1.807, 2.05) is 42.5 Å². The highest BCUT2D eigenvalue weighted by molar-refractivity contribution is 9.11. The maximum Gasteiger partial charge on any atom is 0.119 e. The Morgan fingerprint density at radius 1 is 1.15 bits per heavy atom. The standard InChI is InChI=1S/C15H16Br2N2O/c1-20-10-6-7-12(16)11(8-10)15(9-18)19-14-5-3-2-4-13(14)17/h2-8,15,19H,9,18H2,1H3. The normalized spacial score (nSPS) is 12.0. The van der Waals surface area contributed by atoms with Gasteiger partial charge in [0.05, 0.1) is 13.2 Å². The van der Waals surface area contributed by atoms with E-state index >= 15 is 0 Å². The number of anilines is 1. The van der Waals surface area contributed by atoms with Gasteiger partial charge < -0.3 is 15.8 Å². The second-order valence-corrected chi connectivity index (χ2v) is 6.01. The minimum absolute atomic E-state index is 0.00169. The molecule has 1 atom stereocenters. The molecule has 20 heavy (non-hydrogen) atoms. The van der Waals surface area contributed by atoms with Gasteiger partial charge in [0, 0.05) is 21.2 Å². The van der Waals surface area contributed by atoms with E-state index in [0.29, 0.717) is 6.54 Å². The second kappa shape index (κ2) is 7.11. The fourth-order valence-electron chi connectivity index (χ4n) is 1.95. The Balaban J connectivity index is 2.31. The van der Waals surface area contributed by atoms with Crippen LogP contribution in [0, 0.1) is 0 Å². The Hall–Kier alpha value is -1.04. The van der Waals surface area contributed by atoms with Gasteiger partial charge in [-0.1, -0.05) is 28.1 Å². The SMILES string of the molecule is COc1ccc(Br)c(C(CN)Nc2ccccc2Br)c1. The average Bonchev–Trinajstić information content (AvgIpc) is 2.47. The summed E-state index contributed by atoms with van der Waals surface area (Å²) in [4.78, 5) is 0. The third-order valence-corrected chi connectivity index (χ3v) is 4.43. The lowest BCUT2D eigenvalue weighted by Crippen LogP contribution is -2.21. The minimum Gasteiger partial charge on any atom is -0.497 e. The molecule has 0 heterocycles. The number of hydrogen-bond acceptors (Lipinski definition) is 3. The topological polar surface area (TPSA) is 47.3 Å². The van der Waals surface area contributed by atoms with Crippen LogP contribution >= 0.6 is 31.9 Å². The maximum atomic E-state index is 5.92. The van der Waals surface area contributed by atoms with Crippen LogP contribution in [-0.4, -0.2) is 13.7 Å². The van der Waals surface area contributed by atoms with Crippen molar-refractivity contribution in [2.75, 3.05) is 19.0 Å². The average molecular weight is 400 g/mol. The molecule has 0 fully saturated rings. The van der Waals surface area contributed by atoms with Crippen LogP contribution in [-0.2, 0) is 0 Å². The summed E-state index contributed by atoms with van der Waals surface area (Å²) in [6, 6.07) is 13.9. The van der Waals surface area contributed by atoms with Gasteiger partial charge in [0.15, 0.2) is 0 Å². The van der Waals surface area contributed by atoms with Gasteiger partial charge in [0.25, 0.3) is 0 Å². The van der Waals surface area contributed by atoms with E-state index in [-0.39, 0.29) is 6.04 Å². The number of methoxy groups -OCH3 is 1. The molecular weight excluding hydrogens is 384 g/mol. The van der Waals surface area contributed by atoms with Crippen molar-refractivity contribution in [1.82, 2.24) is 0 Å². The number of nitrogens with one attached hydrogen (secondary N) is 1. The zero-order valence-electron chi connectivity index (χ0n) is 11.1. The summed E-state index contributed by atoms with van der Waals surface area (Å²) < 4.78 is 7.30. The number of nitrogens with two attached hydrogens (primary N) is 1. The van der Waals surface area contributed by atoms with Crippen molar-refractivity contribution in [2.24, 2.45) is 5.73 Å². The molecule has 0 aromatic heterocycles. The third-order valence-electron chi connectivity index (χ3n) is 3.02. The van der Waals surface area contributed by atoms with Crippen LogP contribution in [0.15, 0.2) is 51.4 Å². The summed E-state index contributed by atoms with van der Waals surface area (Å²) in [6.07, 6.45) is 0. The van der Waals surface area contributed by atoms with E-state index < -0.39 is 0 Å². The largest absolute Gasteiger partial charge is 0.497 e. The molecule has 0 bridgehead atoms. The molecule has 2 rings (SSSR count). The third kappa shape index (κ3) is 3.53. The van der Waals surface area contributed by atoms with Crippen LogP contribution in [0.1, 0.15) is 11.6 Å². The highest BCUT2D eigenvalue weighted by Gasteiger charge is 2.15. The molecule has 0 aliphatic carbocycles. The van der Waals surface area contributed by atoms with Crippen LogP contribution in [0.4, 0.5) is 5.69 Å². The van der Waals surface area contributed by atoms with Crippen LogP contribution in [0.2, 0.25) is 0 Å². The van der Waals surface area contributed by atoms with Crippen LogP contribution in [0.25, 0.3) is 0 Å². The van der Waals surface area contributed by atoms with Gasteiger partial charge in [-0.15, -0.1) is 0 Å². The first-order chi connectivity index (χ1) is 9.65. The molecule has 0 saturated heterocycles. The molecule has 5 heteroatoms. The molecule has 0 amide bonds. The van der Waals surface area contributed by atoms with E-state index in [0.717, 1.165) is 25.9 Å². The summed E-state index contributed by atoms with van der Waals surface area (Å²) in [5.74, 6) is 0.815. The van der Waals surface area contributed by atoms with Crippen molar-refractivity contribution in [1.29, 1.82) is 0 Å². The van der Waals surface area contributed by atoms with E-state index in [9.17, 15) is 0 Å². The minimum atomic E-state index is -0.00169. The lowest BCUT2D eigenvalue weighted by Gasteiger charge is -2.21. The molecule has 106 valence electrons. The van der Waals surface area contributed by atoms with Crippen molar-refractivity contribution in [3.8, 4) is 5.75 Å². The Labute approximate surface area is 135 Å². The van der Waals surface area contributed by atoms with Gasteiger partial charge >= 0.3 is 0 Å². The van der Waals surface area contributed by atoms with Gasteiger partial charge in [-0.2, -0.15) is 0 Å². The first-order valence-electron chi connectivity index (χ1n) is 6.20. The highest BCUT2D eigenvalue weighted by atomic mass is 79.9. The first-order valence-corrected chi connectivity index (χ1v) is 7.79. The monoisotopic (exact) mass is 398 g/mol. The number of para-hydroxylation sites is 1. The molecule has 0 saturated carbocycles. The Morgan fingerprint density at radius 2 is 1.90 bits per heavy atom. The zero-order valence-corrected chi connectivity index (χ0v) is 14.2. The van der Waals surface area contributed by atoms with Crippen molar-refractivity contribution < 1.29 is 4.74 Å². The number of ether oxygens (including phenoxy) is 1. The van der Waals surface area contributed by atoms with Gasteiger partial charge in [-0.3, -0.25) is 0 Å². The van der Waals surface area contributed by atoms with Gasteiger partial charge in [-0.25, -0.2) is 0 Å². The highest BCUT2D eigenvalue weighted by Crippen LogP contribution is 2.31. The summed E-state index contributed by atoms with van der Waals surface area (Å²) in [5.41, 5.74) is 8.01. The smallest absolute Gasteiger partial charge is 0.119 e. The van der Waals surface area contributed by atoms with Gasteiger partial charge in [0.1, 0.15) is 5.75 Å². The summed E-state index contributed by atoms with van der Waals surface area (Å²) in [5, 5.41) is 3.45. The molecule has 3 N–H and O–H groups in total. The van der Waals surface area contributed by atoms with E-state index in [2.05, 4.69) is 37.2 Å². The first kappa shape index (κ1) is 15.4. The lowest BCUT2D eigenvalue weighted by atomic mass is 10.1. The summed E-state index contributed by atoms with van der Waals surface area (Å²) >= 11 is 7.10. The van der Waals surface area contributed by atoms with E-state index in [1.165, 1.54) is 0 Å². The van der Waals surface area contributed by atoms with Crippen LogP contribution in [0.5, 0.6) is 5.75 Å². The molecule has 2 aromatic carbocycles. The quantitative estimate of drug-likeness (QED) is 0.786. The predicted molar refractivity (Wildman–Crippen MR) is 90.3 cm³/mol. The van der Waals surface area contributed by atoms with Crippen LogP contribution < -0.4 is 15.8 Å². The fraction of sp³-hybridized carbons (Fsp3) is 0.200. The fourth-order valence-corrected chi connectivity index (χ4v) is 2.87. The number of rotatable bonds is 5. The second-order valence-electron chi connectivity index (χ2n) is 4.30. The number of benzene rings is 2. The molecular formula is C15H16Br2N2O. The Kier molecular flexibility index (Phi) is 5.46. The van der Waals surface area contributed by atoms with Crippen molar-refractivity contribution in [3.63, 3.8) is 0 Å². The van der Waals surface area contributed by atoms with E-state index in [4.69, 9.17) is 10.5 Å². The molecule has 0 aliphatic rings. The lowest BCUT2D eigenvalue weighted by molar-refractivity contribution is 0.414. The maximum absolute atomic E-state index is 5.92. The molecule has 0 radical (unpaired) electrons. The zero-order chi connectivity index (χ0) is 14.5. The number of hydrogen-bond donors (Lipinski definition) is 2. The molecule has 3 nitrogen and oxygen atoms in total. The van der Waals surface area contributed by atoms with Crippen molar-refractivity contribution >= 4 is 37.5 Å². The molecule has 0 spiro atoms. The van der Waals surface area contributed by atoms with E-state index in [1.54, 1.807) is 7.11 Å². The predicted octanol–water partition coefficient (Wildman–Crippen LogP) is 4.33.